The Labute approximate surface area is 113 Å². The van der Waals surface area contributed by atoms with Gasteiger partial charge in [-0.3, -0.25) is 4.68 Å². The molecule has 2 aromatic rings. The third kappa shape index (κ3) is 4.06. The lowest BCUT2D eigenvalue weighted by molar-refractivity contribution is 0.284. The molecule has 0 aliphatic rings. The smallest absolute Gasteiger partial charge is 0.138 e. The summed E-state index contributed by atoms with van der Waals surface area (Å²) < 4.78 is 7.54. The van der Waals surface area contributed by atoms with Crippen LogP contribution in [0.4, 0.5) is 0 Å². The highest BCUT2D eigenvalue weighted by atomic mass is 16.5. The molecule has 0 amide bonds. The Morgan fingerprint density at radius 3 is 2.84 bits per heavy atom. The summed E-state index contributed by atoms with van der Waals surface area (Å²) in [5, 5.41) is 4.19. The van der Waals surface area contributed by atoms with Gasteiger partial charge in [0.15, 0.2) is 0 Å². The molecule has 102 valence electrons. The normalized spacial score (nSPS) is 12.3. The second-order valence-corrected chi connectivity index (χ2v) is 4.49. The molecule has 1 heterocycles. The summed E-state index contributed by atoms with van der Waals surface area (Å²) in [6, 6.07) is 9.61. The van der Waals surface area contributed by atoms with Gasteiger partial charge in [-0.1, -0.05) is 25.1 Å². The first-order valence-corrected chi connectivity index (χ1v) is 6.59. The molecule has 2 rings (SSSR count). The van der Waals surface area contributed by atoms with E-state index in [0.717, 1.165) is 24.5 Å². The zero-order chi connectivity index (χ0) is 13.5. The van der Waals surface area contributed by atoms with Gasteiger partial charge < -0.3 is 10.5 Å². The van der Waals surface area contributed by atoms with Crippen LogP contribution in [0.25, 0.3) is 0 Å². The molecule has 1 aromatic heterocycles. The summed E-state index contributed by atoms with van der Waals surface area (Å²) in [6.45, 7) is 3.47. The molecule has 0 saturated heterocycles. The lowest BCUT2D eigenvalue weighted by Crippen LogP contribution is -2.31. The molecule has 5 heteroatoms. The van der Waals surface area contributed by atoms with Crippen LogP contribution in [0.1, 0.15) is 19.2 Å². The van der Waals surface area contributed by atoms with Crippen molar-refractivity contribution in [2.75, 3.05) is 6.61 Å². The summed E-state index contributed by atoms with van der Waals surface area (Å²) in [5.41, 5.74) is 6.07. The van der Waals surface area contributed by atoms with E-state index in [0.29, 0.717) is 13.0 Å². The fourth-order valence-corrected chi connectivity index (χ4v) is 1.86. The van der Waals surface area contributed by atoms with E-state index in [9.17, 15) is 0 Å². The van der Waals surface area contributed by atoms with E-state index in [2.05, 4.69) is 17.0 Å². The van der Waals surface area contributed by atoms with Crippen molar-refractivity contribution in [2.24, 2.45) is 5.73 Å². The summed E-state index contributed by atoms with van der Waals surface area (Å²) in [4.78, 5) is 4.25. The van der Waals surface area contributed by atoms with E-state index < -0.39 is 0 Å². The lowest BCUT2D eigenvalue weighted by atomic mass is 10.2. The summed E-state index contributed by atoms with van der Waals surface area (Å²) >= 11 is 0. The van der Waals surface area contributed by atoms with Crippen LogP contribution in [0.5, 0.6) is 5.75 Å². The fraction of sp³-hybridized carbons (Fsp3) is 0.429. The molecule has 0 bridgehead atoms. The van der Waals surface area contributed by atoms with Gasteiger partial charge in [-0.2, -0.15) is 5.10 Å². The van der Waals surface area contributed by atoms with Crippen molar-refractivity contribution >= 4 is 0 Å². The van der Waals surface area contributed by atoms with Gasteiger partial charge in [0.2, 0.25) is 0 Å². The molecular weight excluding hydrogens is 240 g/mol. The minimum atomic E-state index is -0.0833. The van der Waals surface area contributed by atoms with Gasteiger partial charge in [0.25, 0.3) is 0 Å². The topological polar surface area (TPSA) is 66.0 Å². The number of nitrogens with zero attached hydrogens (tertiary/aromatic N) is 3. The van der Waals surface area contributed by atoms with E-state index in [1.165, 1.54) is 0 Å². The lowest BCUT2D eigenvalue weighted by Gasteiger charge is -2.13. The Hall–Kier alpha value is -1.88. The summed E-state index contributed by atoms with van der Waals surface area (Å²) in [6.07, 6.45) is 3.29. The Kier molecular flexibility index (Phi) is 4.92. The SMILES string of the molecule is CCCn1ncnc1CC(N)COc1ccccc1. The van der Waals surface area contributed by atoms with E-state index in [-0.39, 0.29) is 6.04 Å². The minimum Gasteiger partial charge on any atom is -0.492 e. The van der Waals surface area contributed by atoms with Crippen LogP contribution in [0, 0.1) is 0 Å². The fourth-order valence-electron chi connectivity index (χ4n) is 1.86. The predicted octanol–water partition coefficient (Wildman–Crippen LogP) is 1.64. The monoisotopic (exact) mass is 260 g/mol. The molecule has 0 aliphatic heterocycles. The Balaban J connectivity index is 1.84. The quantitative estimate of drug-likeness (QED) is 0.822. The average Bonchev–Trinajstić information content (AvgIpc) is 2.85. The van der Waals surface area contributed by atoms with Crippen LogP contribution in [0.3, 0.4) is 0 Å². The number of aromatic nitrogens is 3. The van der Waals surface area contributed by atoms with Gasteiger partial charge in [0.05, 0.1) is 0 Å². The van der Waals surface area contributed by atoms with E-state index in [4.69, 9.17) is 10.5 Å². The second-order valence-electron chi connectivity index (χ2n) is 4.49. The number of hydrogen-bond acceptors (Lipinski definition) is 4. The summed E-state index contributed by atoms with van der Waals surface area (Å²) in [5.74, 6) is 1.76. The second kappa shape index (κ2) is 6.89. The predicted molar refractivity (Wildman–Crippen MR) is 73.9 cm³/mol. The molecule has 0 radical (unpaired) electrons. The summed E-state index contributed by atoms with van der Waals surface area (Å²) in [7, 11) is 0. The number of ether oxygens (including phenoxy) is 1. The maximum absolute atomic E-state index is 6.07. The van der Waals surface area contributed by atoms with Crippen molar-refractivity contribution in [2.45, 2.75) is 32.4 Å². The molecule has 1 unspecified atom stereocenters. The molecule has 1 aromatic carbocycles. The van der Waals surface area contributed by atoms with Crippen molar-refractivity contribution < 1.29 is 4.74 Å². The first-order chi connectivity index (χ1) is 9.29. The highest BCUT2D eigenvalue weighted by Crippen LogP contribution is 2.09. The van der Waals surface area contributed by atoms with Gasteiger partial charge in [-0.05, 0) is 18.6 Å². The van der Waals surface area contributed by atoms with Crippen LogP contribution in [0.15, 0.2) is 36.7 Å². The first kappa shape index (κ1) is 13.5. The number of benzene rings is 1. The maximum atomic E-state index is 6.07. The van der Waals surface area contributed by atoms with Gasteiger partial charge in [0, 0.05) is 19.0 Å². The largest absolute Gasteiger partial charge is 0.492 e. The number of nitrogens with two attached hydrogens (primary N) is 1. The van der Waals surface area contributed by atoms with E-state index in [1.807, 2.05) is 35.0 Å². The average molecular weight is 260 g/mol. The van der Waals surface area contributed by atoms with Crippen molar-refractivity contribution in [3.8, 4) is 5.75 Å². The van der Waals surface area contributed by atoms with Crippen LogP contribution < -0.4 is 10.5 Å². The van der Waals surface area contributed by atoms with Crippen LogP contribution in [-0.2, 0) is 13.0 Å². The third-order valence-corrected chi connectivity index (χ3v) is 2.78. The maximum Gasteiger partial charge on any atom is 0.138 e. The van der Waals surface area contributed by atoms with Crippen LogP contribution in [-0.4, -0.2) is 27.4 Å². The van der Waals surface area contributed by atoms with Crippen molar-refractivity contribution in [3.05, 3.63) is 42.5 Å². The van der Waals surface area contributed by atoms with Gasteiger partial charge in [0.1, 0.15) is 24.5 Å². The highest BCUT2D eigenvalue weighted by Gasteiger charge is 2.10. The van der Waals surface area contributed by atoms with Gasteiger partial charge in [-0.15, -0.1) is 0 Å². The highest BCUT2D eigenvalue weighted by molar-refractivity contribution is 5.20. The van der Waals surface area contributed by atoms with E-state index >= 15 is 0 Å². The van der Waals surface area contributed by atoms with Gasteiger partial charge >= 0.3 is 0 Å². The molecular formula is C14H20N4O. The molecule has 0 fully saturated rings. The number of hydrogen-bond donors (Lipinski definition) is 1. The van der Waals surface area contributed by atoms with Gasteiger partial charge in [-0.25, -0.2) is 4.98 Å². The minimum absolute atomic E-state index is 0.0833. The molecule has 0 saturated carbocycles. The zero-order valence-electron chi connectivity index (χ0n) is 11.2. The van der Waals surface area contributed by atoms with Crippen molar-refractivity contribution in [1.82, 2.24) is 14.8 Å². The molecule has 1 atom stereocenters. The first-order valence-electron chi connectivity index (χ1n) is 6.59. The Bertz CT molecular complexity index is 483. The van der Waals surface area contributed by atoms with Crippen molar-refractivity contribution in [3.63, 3.8) is 0 Å². The number of para-hydroxylation sites is 1. The molecule has 0 aliphatic carbocycles. The molecule has 5 nitrogen and oxygen atoms in total. The Morgan fingerprint density at radius 2 is 2.11 bits per heavy atom. The van der Waals surface area contributed by atoms with Crippen LogP contribution in [0.2, 0.25) is 0 Å². The van der Waals surface area contributed by atoms with Crippen molar-refractivity contribution in [1.29, 1.82) is 0 Å². The molecule has 0 spiro atoms. The molecule has 19 heavy (non-hydrogen) atoms. The van der Waals surface area contributed by atoms with E-state index in [1.54, 1.807) is 6.33 Å². The zero-order valence-corrected chi connectivity index (χ0v) is 11.2. The van der Waals surface area contributed by atoms with Crippen LogP contribution >= 0.6 is 0 Å². The number of aryl methyl sites for hydroxylation is 1. The third-order valence-electron chi connectivity index (χ3n) is 2.78. The Morgan fingerprint density at radius 1 is 1.32 bits per heavy atom. The molecule has 2 N–H and O–H groups in total. The standard InChI is InChI=1S/C14H20N4O/c1-2-8-18-14(16-11-17-18)9-12(15)10-19-13-6-4-3-5-7-13/h3-7,11-12H,2,8-10,15H2,1H3. The number of rotatable bonds is 7.